The number of nitrogens with one attached hydrogen (secondary N) is 2. The smallest absolute Gasteiger partial charge is 0.256 e. The van der Waals surface area contributed by atoms with Crippen molar-refractivity contribution in [2.75, 3.05) is 10.6 Å². The lowest BCUT2D eigenvalue weighted by atomic mass is 10.2. The second-order valence-corrected chi connectivity index (χ2v) is 7.79. The third-order valence-corrected chi connectivity index (χ3v) is 5.56. The minimum Gasteiger partial charge on any atom is -0.323 e. The number of anilines is 3. The number of fused-ring (bicyclic) bond motifs is 1. The van der Waals surface area contributed by atoms with Crippen molar-refractivity contribution in [2.45, 2.75) is 13.8 Å². The molecule has 2 aromatic carbocycles. The second kappa shape index (κ2) is 7.97. The summed E-state index contributed by atoms with van der Waals surface area (Å²) in [5.41, 5.74) is 4.55. The number of rotatable bonds is 4. The molecule has 6 nitrogen and oxygen atoms in total. The van der Waals surface area contributed by atoms with Crippen LogP contribution in [-0.4, -0.2) is 20.4 Å². The number of pyridine rings is 1. The standard InChI is InChI=1S/C22H19Cl2N5O/c1-12-7-10-19(25-13(12)2)27-21(30)14-8-9-18-17(11-14)26-22(29(18)3)28-20-15(23)5-4-6-16(20)24/h4-11H,1-3H3,(H,26,28)(H,25,27,30). The first-order valence-corrected chi connectivity index (χ1v) is 10.0. The van der Waals surface area contributed by atoms with Gasteiger partial charge in [-0.15, -0.1) is 0 Å². The van der Waals surface area contributed by atoms with Crippen molar-refractivity contribution in [3.8, 4) is 0 Å². The number of hydrogen-bond acceptors (Lipinski definition) is 4. The van der Waals surface area contributed by atoms with Gasteiger partial charge in [0.05, 0.1) is 26.8 Å². The van der Waals surface area contributed by atoms with E-state index in [0.717, 1.165) is 16.8 Å². The number of benzene rings is 2. The lowest BCUT2D eigenvalue weighted by Gasteiger charge is -2.09. The van der Waals surface area contributed by atoms with Gasteiger partial charge < -0.3 is 15.2 Å². The predicted molar refractivity (Wildman–Crippen MR) is 122 cm³/mol. The Bertz CT molecular complexity index is 1260. The number of nitrogens with zero attached hydrogens (tertiary/aromatic N) is 3. The summed E-state index contributed by atoms with van der Waals surface area (Å²) in [4.78, 5) is 21.7. The van der Waals surface area contributed by atoms with Gasteiger partial charge >= 0.3 is 0 Å². The SMILES string of the molecule is Cc1ccc(NC(=O)c2ccc3c(c2)nc(Nc2c(Cl)cccc2Cl)n3C)nc1C. The number of para-hydroxylation sites is 1. The third kappa shape index (κ3) is 3.84. The van der Waals surface area contributed by atoms with E-state index in [0.29, 0.717) is 38.6 Å². The molecule has 0 saturated heterocycles. The minimum atomic E-state index is -0.248. The highest BCUT2D eigenvalue weighted by Gasteiger charge is 2.14. The number of amides is 1. The van der Waals surface area contributed by atoms with Crippen LogP contribution in [0.1, 0.15) is 21.6 Å². The molecule has 8 heteroatoms. The van der Waals surface area contributed by atoms with Crippen LogP contribution in [0.5, 0.6) is 0 Å². The van der Waals surface area contributed by atoms with Crippen molar-refractivity contribution in [2.24, 2.45) is 7.05 Å². The van der Waals surface area contributed by atoms with Crippen LogP contribution in [0.25, 0.3) is 11.0 Å². The molecule has 0 unspecified atom stereocenters. The minimum absolute atomic E-state index is 0.248. The Morgan fingerprint density at radius 1 is 1.00 bits per heavy atom. The van der Waals surface area contributed by atoms with E-state index in [4.69, 9.17) is 23.2 Å². The van der Waals surface area contributed by atoms with Crippen LogP contribution in [0.4, 0.5) is 17.5 Å². The molecule has 1 amide bonds. The van der Waals surface area contributed by atoms with Crippen molar-refractivity contribution < 1.29 is 4.79 Å². The van der Waals surface area contributed by atoms with Gasteiger partial charge in [0.1, 0.15) is 5.82 Å². The Labute approximate surface area is 183 Å². The van der Waals surface area contributed by atoms with Crippen molar-refractivity contribution >= 4 is 57.6 Å². The van der Waals surface area contributed by atoms with Crippen LogP contribution in [0, 0.1) is 13.8 Å². The summed E-state index contributed by atoms with van der Waals surface area (Å²) in [6.07, 6.45) is 0. The molecule has 0 spiro atoms. The van der Waals surface area contributed by atoms with E-state index in [9.17, 15) is 4.79 Å². The van der Waals surface area contributed by atoms with Gasteiger partial charge in [0.15, 0.2) is 0 Å². The molecule has 4 aromatic rings. The van der Waals surface area contributed by atoms with Crippen molar-refractivity contribution in [1.82, 2.24) is 14.5 Å². The van der Waals surface area contributed by atoms with Gasteiger partial charge in [-0.1, -0.05) is 35.3 Å². The summed E-state index contributed by atoms with van der Waals surface area (Å²) in [6.45, 7) is 3.88. The predicted octanol–water partition coefficient (Wildman–Crippen LogP) is 5.89. The number of hydrogen-bond donors (Lipinski definition) is 2. The van der Waals surface area contributed by atoms with Crippen LogP contribution in [0.3, 0.4) is 0 Å². The normalized spacial score (nSPS) is 11.0. The van der Waals surface area contributed by atoms with Crippen LogP contribution in [0.15, 0.2) is 48.5 Å². The van der Waals surface area contributed by atoms with Gasteiger partial charge in [0.2, 0.25) is 5.95 Å². The summed E-state index contributed by atoms with van der Waals surface area (Å²) in [6, 6.07) is 14.3. The molecule has 0 aliphatic heterocycles. The Hall–Kier alpha value is -3.09. The number of carbonyl (C=O) groups is 1. The van der Waals surface area contributed by atoms with E-state index in [1.807, 2.05) is 37.6 Å². The molecular formula is C22H19Cl2N5O. The van der Waals surface area contributed by atoms with Crippen molar-refractivity contribution in [1.29, 1.82) is 0 Å². The zero-order chi connectivity index (χ0) is 21.4. The Morgan fingerprint density at radius 2 is 1.73 bits per heavy atom. The fraction of sp³-hybridized carbons (Fsp3) is 0.136. The molecule has 30 heavy (non-hydrogen) atoms. The van der Waals surface area contributed by atoms with E-state index in [2.05, 4.69) is 20.6 Å². The number of carbonyl (C=O) groups excluding carboxylic acids is 1. The molecule has 0 aliphatic carbocycles. The first kappa shape index (κ1) is 20.2. The largest absolute Gasteiger partial charge is 0.323 e. The molecule has 0 saturated carbocycles. The molecule has 2 heterocycles. The highest BCUT2D eigenvalue weighted by Crippen LogP contribution is 2.33. The molecule has 0 fully saturated rings. The summed E-state index contributed by atoms with van der Waals surface area (Å²) in [7, 11) is 1.88. The zero-order valence-corrected chi connectivity index (χ0v) is 18.1. The summed E-state index contributed by atoms with van der Waals surface area (Å²) in [5, 5.41) is 7.00. The molecule has 4 rings (SSSR count). The first-order chi connectivity index (χ1) is 14.3. The number of aromatic nitrogens is 3. The summed E-state index contributed by atoms with van der Waals surface area (Å²) < 4.78 is 1.88. The van der Waals surface area contributed by atoms with Crippen LogP contribution >= 0.6 is 23.2 Å². The lowest BCUT2D eigenvalue weighted by Crippen LogP contribution is -2.13. The monoisotopic (exact) mass is 439 g/mol. The Kier molecular flexibility index (Phi) is 5.37. The molecule has 0 aliphatic rings. The first-order valence-electron chi connectivity index (χ1n) is 9.26. The maximum atomic E-state index is 12.7. The highest BCUT2D eigenvalue weighted by molar-refractivity contribution is 6.39. The van der Waals surface area contributed by atoms with Crippen LogP contribution < -0.4 is 10.6 Å². The summed E-state index contributed by atoms with van der Waals surface area (Å²) in [5.74, 6) is 0.829. The molecule has 0 radical (unpaired) electrons. The maximum Gasteiger partial charge on any atom is 0.256 e. The van der Waals surface area contributed by atoms with Gasteiger partial charge in [0.25, 0.3) is 5.91 Å². The summed E-state index contributed by atoms with van der Waals surface area (Å²) >= 11 is 12.5. The average molecular weight is 440 g/mol. The van der Waals surface area contributed by atoms with E-state index in [1.54, 1.807) is 36.4 Å². The maximum absolute atomic E-state index is 12.7. The van der Waals surface area contributed by atoms with E-state index in [-0.39, 0.29) is 5.91 Å². The molecule has 0 bridgehead atoms. The fourth-order valence-electron chi connectivity index (χ4n) is 3.07. The van der Waals surface area contributed by atoms with E-state index >= 15 is 0 Å². The Morgan fingerprint density at radius 3 is 2.43 bits per heavy atom. The topological polar surface area (TPSA) is 71.8 Å². The van der Waals surface area contributed by atoms with Crippen LogP contribution in [-0.2, 0) is 7.05 Å². The van der Waals surface area contributed by atoms with Crippen molar-refractivity contribution in [3.05, 3.63) is 75.4 Å². The molecule has 0 atom stereocenters. The van der Waals surface area contributed by atoms with Crippen LogP contribution in [0.2, 0.25) is 10.0 Å². The fourth-order valence-corrected chi connectivity index (χ4v) is 3.56. The number of halogens is 2. The van der Waals surface area contributed by atoms with Gasteiger partial charge in [0, 0.05) is 18.3 Å². The molecule has 152 valence electrons. The average Bonchev–Trinajstić information content (AvgIpc) is 3.02. The highest BCUT2D eigenvalue weighted by atomic mass is 35.5. The molecule has 2 N–H and O–H groups in total. The Balaban J connectivity index is 1.63. The van der Waals surface area contributed by atoms with Crippen molar-refractivity contribution in [3.63, 3.8) is 0 Å². The lowest BCUT2D eigenvalue weighted by molar-refractivity contribution is 0.102. The van der Waals surface area contributed by atoms with Gasteiger partial charge in [-0.2, -0.15) is 0 Å². The van der Waals surface area contributed by atoms with Gasteiger partial charge in [-0.25, -0.2) is 9.97 Å². The molecular weight excluding hydrogens is 421 g/mol. The third-order valence-electron chi connectivity index (χ3n) is 4.93. The second-order valence-electron chi connectivity index (χ2n) is 6.97. The van der Waals surface area contributed by atoms with Gasteiger partial charge in [-0.3, -0.25) is 4.79 Å². The van der Waals surface area contributed by atoms with E-state index in [1.165, 1.54) is 0 Å². The van der Waals surface area contributed by atoms with Gasteiger partial charge in [-0.05, 0) is 55.8 Å². The van der Waals surface area contributed by atoms with E-state index < -0.39 is 0 Å². The zero-order valence-electron chi connectivity index (χ0n) is 16.6. The quantitative estimate of drug-likeness (QED) is 0.415. The number of imidazole rings is 1. The molecule has 2 aromatic heterocycles. The number of aryl methyl sites for hydroxylation is 3.